The van der Waals surface area contributed by atoms with Crippen LogP contribution in [0.25, 0.3) is 0 Å². The molecule has 1 saturated carbocycles. The average molecular weight is 331 g/mol. The maximum Gasteiger partial charge on any atom is 0.435 e. The van der Waals surface area contributed by atoms with Crippen LogP contribution in [0.4, 0.5) is 13.2 Å². The summed E-state index contributed by atoms with van der Waals surface area (Å²) in [4.78, 5) is 12.1. The number of hydrogen-bond donors (Lipinski definition) is 1. The smallest absolute Gasteiger partial charge is 0.376 e. The van der Waals surface area contributed by atoms with Crippen molar-refractivity contribution in [3.63, 3.8) is 0 Å². The Morgan fingerprint density at radius 1 is 1.48 bits per heavy atom. The van der Waals surface area contributed by atoms with Gasteiger partial charge in [-0.2, -0.15) is 18.3 Å². The third kappa shape index (κ3) is 3.85. The van der Waals surface area contributed by atoms with E-state index in [-0.39, 0.29) is 30.5 Å². The highest BCUT2D eigenvalue weighted by atomic mass is 19.4. The van der Waals surface area contributed by atoms with E-state index in [0.29, 0.717) is 12.3 Å². The molecular weight excluding hydrogens is 311 g/mol. The number of aromatic nitrogens is 2. The van der Waals surface area contributed by atoms with E-state index >= 15 is 0 Å². The molecule has 0 spiro atoms. The summed E-state index contributed by atoms with van der Waals surface area (Å²) in [6, 6.07) is 0.904. The lowest BCUT2D eigenvalue weighted by Crippen LogP contribution is -2.42. The van der Waals surface area contributed by atoms with Gasteiger partial charge in [0, 0.05) is 18.2 Å². The van der Waals surface area contributed by atoms with Crippen molar-refractivity contribution in [2.45, 2.75) is 63.4 Å². The van der Waals surface area contributed by atoms with Crippen molar-refractivity contribution < 1.29 is 22.7 Å². The Morgan fingerprint density at radius 3 is 2.78 bits per heavy atom. The fourth-order valence-corrected chi connectivity index (χ4v) is 2.93. The first kappa shape index (κ1) is 16.3. The Bertz CT molecular complexity index is 575. The number of alkyl halides is 3. The van der Waals surface area contributed by atoms with Gasteiger partial charge in [-0.25, -0.2) is 0 Å². The maximum absolute atomic E-state index is 12.8. The lowest BCUT2D eigenvalue weighted by Gasteiger charge is -2.20. The molecule has 0 radical (unpaired) electrons. The van der Waals surface area contributed by atoms with Crippen LogP contribution in [-0.2, 0) is 22.3 Å². The van der Waals surface area contributed by atoms with Gasteiger partial charge >= 0.3 is 6.18 Å². The van der Waals surface area contributed by atoms with Gasteiger partial charge in [-0.05, 0) is 38.7 Å². The highest BCUT2D eigenvalue weighted by molar-refractivity contribution is 5.76. The minimum atomic E-state index is -4.49. The Balaban J connectivity index is 1.66. The number of ether oxygens (including phenoxy) is 1. The van der Waals surface area contributed by atoms with Crippen molar-refractivity contribution in [3.8, 4) is 0 Å². The molecule has 128 valence electrons. The number of hydrogen-bond acceptors (Lipinski definition) is 3. The number of nitrogens with one attached hydrogen (secondary N) is 1. The predicted octanol–water partition coefficient (Wildman–Crippen LogP) is 2.46. The Kier molecular flexibility index (Phi) is 4.35. The van der Waals surface area contributed by atoms with Gasteiger partial charge in [-0.1, -0.05) is 0 Å². The molecule has 1 aromatic rings. The first-order chi connectivity index (χ1) is 10.8. The minimum Gasteiger partial charge on any atom is -0.376 e. The fourth-order valence-electron chi connectivity index (χ4n) is 2.93. The summed E-state index contributed by atoms with van der Waals surface area (Å²) in [5.74, 6) is -0.256. The van der Waals surface area contributed by atoms with Gasteiger partial charge in [0.15, 0.2) is 5.69 Å². The van der Waals surface area contributed by atoms with Crippen molar-refractivity contribution in [2.75, 3.05) is 6.61 Å². The van der Waals surface area contributed by atoms with Crippen molar-refractivity contribution in [1.82, 2.24) is 15.1 Å². The van der Waals surface area contributed by atoms with Crippen LogP contribution < -0.4 is 5.32 Å². The molecule has 2 atom stereocenters. The Labute approximate surface area is 132 Å². The van der Waals surface area contributed by atoms with Crippen LogP contribution in [0.1, 0.15) is 49.9 Å². The van der Waals surface area contributed by atoms with Gasteiger partial charge in [-0.15, -0.1) is 0 Å². The molecule has 5 nitrogen and oxygen atoms in total. The molecule has 1 amide bonds. The van der Waals surface area contributed by atoms with Crippen LogP contribution >= 0.6 is 0 Å². The summed E-state index contributed by atoms with van der Waals surface area (Å²) >= 11 is 0. The maximum atomic E-state index is 12.8. The van der Waals surface area contributed by atoms with Crippen LogP contribution in [0.15, 0.2) is 6.07 Å². The van der Waals surface area contributed by atoms with E-state index in [9.17, 15) is 18.0 Å². The molecule has 8 heteroatoms. The third-order valence-electron chi connectivity index (χ3n) is 4.30. The van der Waals surface area contributed by atoms with Crippen LogP contribution in [0.5, 0.6) is 0 Å². The van der Waals surface area contributed by atoms with Gasteiger partial charge in [0.2, 0.25) is 5.91 Å². The minimum absolute atomic E-state index is 0.0230. The van der Waals surface area contributed by atoms with E-state index in [1.807, 2.05) is 6.92 Å². The summed E-state index contributed by atoms with van der Waals surface area (Å²) in [7, 11) is 0. The third-order valence-corrected chi connectivity index (χ3v) is 4.30. The molecule has 3 rings (SSSR count). The quantitative estimate of drug-likeness (QED) is 0.902. The molecule has 2 aliphatic rings. The summed E-state index contributed by atoms with van der Waals surface area (Å²) in [6.07, 6.45) is -0.978. The topological polar surface area (TPSA) is 56.2 Å². The van der Waals surface area contributed by atoms with Gasteiger partial charge in [-0.3, -0.25) is 9.48 Å². The summed E-state index contributed by atoms with van der Waals surface area (Å²) in [5, 5.41) is 6.39. The molecule has 2 fully saturated rings. The molecule has 2 heterocycles. The number of halogens is 3. The number of carbonyl (C=O) groups is 1. The second kappa shape index (κ2) is 6.14. The van der Waals surface area contributed by atoms with E-state index in [4.69, 9.17) is 4.74 Å². The van der Waals surface area contributed by atoms with E-state index < -0.39 is 11.9 Å². The van der Waals surface area contributed by atoms with Crippen LogP contribution in [-0.4, -0.2) is 34.4 Å². The highest BCUT2D eigenvalue weighted by Gasteiger charge is 2.38. The molecule has 1 aliphatic carbocycles. The van der Waals surface area contributed by atoms with E-state index in [0.717, 1.165) is 31.7 Å². The molecule has 1 saturated heterocycles. The molecule has 0 aromatic carbocycles. The van der Waals surface area contributed by atoms with Gasteiger partial charge < -0.3 is 10.1 Å². The molecular formula is C15H20F3N3O2. The summed E-state index contributed by atoms with van der Waals surface area (Å²) in [5.41, 5.74) is -0.434. The van der Waals surface area contributed by atoms with Gasteiger partial charge in [0.1, 0.15) is 6.54 Å². The number of rotatable bonds is 5. The first-order valence-corrected chi connectivity index (χ1v) is 7.90. The zero-order chi connectivity index (χ0) is 16.6. The fraction of sp³-hybridized carbons (Fsp3) is 0.733. The van der Waals surface area contributed by atoms with Crippen molar-refractivity contribution in [2.24, 2.45) is 0 Å². The van der Waals surface area contributed by atoms with Crippen molar-refractivity contribution in [1.29, 1.82) is 0 Å². The molecule has 0 unspecified atom stereocenters. The van der Waals surface area contributed by atoms with Crippen LogP contribution in [0.3, 0.4) is 0 Å². The summed E-state index contributed by atoms with van der Waals surface area (Å²) < 4.78 is 45.2. The molecule has 1 aliphatic heterocycles. The molecule has 23 heavy (non-hydrogen) atoms. The van der Waals surface area contributed by atoms with Crippen molar-refractivity contribution in [3.05, 3.63) is 17.5 Å². The van der Waals surface area contributed by atoms with Crippen LogP contribution in [0.2, 0.25) is 0 Å². The lowest BCUT2D eigenvalue weighted by atomic mass is 10.1. The van der Waals surface area contributed by atoms with Crippen molar-refractivity contribution >= 4 is 5.91 Å². The number of carbonyl (C=O) groups excluding carboxylic acids is 1. The number of nitrogens with zero attached hydrogens (tertiary/aromatic N) is 2. The monoisotopic (exact) mass is 331 g/mol. The molecule has 0 bridgehead atoms. The summed E-state index contributed by atoms with van der Waals surface area (Å²) in [6.45, 7) is 2.34. The lowest BCUT2D eigenvalue weighted by molar-refractivity contribution is -0.141. The normalized spacial score (nSPS) is 23.0. The highest BCUT2D eigenvalue weighted by Crippen LogP contribution is 2.42. The zero-order valence-corrected chi connectivity index (χ0v) is 12.9. The second-order valence-corrected chi connectivity index (χ2v) is 6.29. The predicted molar refractivity (Wildman–Crippen MR) is 75.8 cm³/mol. The van der Waals surface area contributed by atoms with Crippen LogP contribution in [0, 0.1) is 0 Å². The molecule has 1 N–H and O–H groups in total. The SMILES string of the molecule is C[C@H](NC(=O)Cn1nc(C(F)(F)F)cc1C1CC1)[C@H]1CCCO1. The van der Waals surface area contributed by atoms with Gasteiger partial charge in [0.05, 0.1) is 12.1 Å². The first-order valence-electron chi connectivity index (χ1n) is 7.90. The standard InChI is InChI=1S/C15H20F3N3O2/c1-9(12-3-2-6-23-12)19-14(22)8-21-11(10-4-5-10)7-13(20-21)15(16,17)18/h7,9-10,12H,2-6,8H2,1H3,(H,19,22)/t9-,12+/m0/s1. The van der Waals surface area contributed by atoms with E-state index in [1.165, 1.54) is 4.68 Å². The largest absolute Gasteiger partial charge is 0.435 e. The van der Waals surface area contributed by atoms with Gasteiger partial charge in [0.25, 0.3) is 0 Å². The average Bonchev–Trinajstić information content (AvgIpc) is 3.00. The zero-order valence-electron chi connectivity index (χ0n) is 12.9. The van der Waals surface area contributed by atoms with E-state index in [1.54, 1.807) is 0 Å². The Hall–Kier alpha value is -1.57. The number of amides is 1. The second-order valence-electron chi connectivity index (χ2n) is 6.29. The molecule has 1 aromatic heterocycles. The van der Waals surface area contributed by atoms with E-state index in [2.05, 4.69) is 10.4 Å². The Morgan fingerprint density at radius 2 is 2.22 bits per heavy atom.